The fraction of sp³-hybridized carbons (Fsp3) is 0.500. The third-order valence-corrected chi connectivity index (χ3v) is 2.91. The van der Waals surface area contributed by atoms with E-state index in [0.717, 1.165) is 31.5 Å². The Labute approximate surface area is 119 Å². The van der Waals surface area contributed by atoms with Crippen molar-refractivity contribution in [3.8, 4) is 0 Å². The minimum Gasteiger partial charge on any atom is -0.379 e. The molecule has 0 atom stereocenters. The van der Waals surface area contributed by atoms with Gasteiger partial charge < -0.3 is 5.32 Å². The zero-order valence-corrected chi connectivity index (χ0v) is 13.3. The lowest BCUT2D eigenvalue weighted by Crippen LogP contribution is -2.14. The van der Waals surface area contributed by atoms with Gasteiger partial charge in [0.2, 0.25) is 0 Å². The molecule has 0 spiro atoms. The maximum absolute atomic E-state index is 3.78. The van der Waals surface area contributed by atoms with Gasteiger partial charge in [0.25, 0.3) is 0 Å². The molecule has 1 heteroatoms. The Kier molecular flexibility index (Phi) is 9.66. The summed E-state index contributed by atoms with van der Waals surface area (Å²) >= 11 is 0. The lowest BCUT2D eigenvalue weighted by atomic mass is 10.0. The van der Waals surface area contributed by atoms with E-state index in [9.17, 15) is 0 Å². The number of allylic oxidation sites excluding steroid dienone is 6. The minimum absolute atomic E-state index is 0.905. The van der Waals surface area contributed by atoms with Crippen LogP contribution in [-0.2, 0) is 0 Å². The van der Waals surface area contributed by atoms with Crippen molar-refractivity contribution in [1.29, 1.82) is 0 Å². The molecule has 0 bridgehead atoms. The molecule has 0 aliphatic carbocycles. The number of rotatable bonds is 8. The first kappa shape index (κ1) is 17.5. The average molecular weight is 259 g/mol. The van der Waals surface area contributed by atoms with Crippen molar-refractivity contribution in [1.82, 2.24) is 5.32 Å². The van der Waals surface area contributed by atoms with Gasteiger partial charge in [-0.25, -0.2) is 0 Å². The first-order chi connectivity index (χ1) is 9.06. The fourth-order valence-corrected chi connectivity index (χ4v) is 1.89. The van der Waals surface area contributed by atoms with Gasteiger partial charge in [0, 0.05) is 6.54 Å². The van der Waals surface area contributed by atoms with E-state index >= 15 is 0 Å². The Bertz CT molecular complexity index is 397. The molecule has 1 nitrogen and oxygen atoms in total. The van der Waals surface area contributed by atoms with E-state index in [0.29, 0.717) is 0 Å². The predicted molar refractivity (Wildman–Crippen MR) is 87.1 cm³/mol. The molecule has 0 aliphatic heterocycles. The monoisotopic (exact) mass is 259 g/mol. The van der Waals surface area contributed by atoms with Crippen molar-refractivity contribution >= 4 is 0 Å². The molecular formula is C18H29N. The largest absolute Gasteiger partial charge is 0.379 e. The van der Waals surface area contributed by atoms with Gasteiger partial charge in [-0.15, -0.1) is 5.73 Å². The molecule has 1 N–H and O–H groups in total. The van der Waals surface area contributed by atoms with E-state index in [2.05, 4.69) is 70.5 Å². The molecule has 0 aliphatic rings. The summed E-state index contributed by atoms with van der Waals surface area (Å²) in [6.45, 7) is 15.4. The van der Waals surface area contributed by atoms with Crippen LogP contribution in [0, 0.1) is 0 Å². The van der Waals surface area contributed by atoms with Crippen molar-refractivity contribution in [3.05, 3.63) is 53.0 Å². The summed E-state index contributed by atoms with van der Waals surface area (Å²) in [6, 6.07) is 0. The molecule has 106 valence electrons. The Balaban J connectivity index is 4.70. The highest BCUT2D eigenvalue weighted by atomic mass is 14.9. The summed E-state index contributed by atoms with van der Waals surface area (Å²) in [6.07, 6.45) is 9.86. The van der Waals surface area contributed by atoms with Crippen molar-refractivity contribution < 1.29 is 0 Å². The quantitative estimate of drug-likeness (QED) is 0.461. The van der Waals surface area contributed by atoms with E-state index in [-0.39, 0.29) is 0 Å². The predicted octanol–water partition coefficient (Wildman–Crippen LogP) is 5.29. The van der Waals surface area contributed by atoms with Crippen LogP contribution in [0.4, 0.5) is 0 Å². The van der Waals surface area contributed by atoms with Gasteiger partial charge in [0.1, 0.15) is 0 Å². The second-order valence-corrected chi connectivity index (χ2v) is 4.86. The molecule has 0 saturated heterocycles. The standard InChI is InChI=1S/C18H29N/c1-7-10-12-16(6)13-11-14-17(15(4)5)18(8-2)19-9-3/h10,12-13,19H,2,7,9,11,14H2,1,3-6H3/b12-10-,16-13-. The minimum atomic E-state index is 0.905. The molecule has 0 fully saturated rings. The van der Waals surface area contributed by atoms with Crippen LogP contribution in [0.25, 0.3) is 0 Å². The molecular weight excluding hydrogens is 230 g/mol. The van der Waals surface area contributed by atoms with E-state index in [1.54, 1.807) is 0 Å². The third kappa shape index (κ3) is 7.54. The Morgan fingerprint density at radius 1 is 1.21 bits per heavy atom. The number of hydrogen-bond acceptors (Lipinski definition) is 1. The van der Waals surface area contributed by atoms with Crippen LogP contribution >= 0.6 is 0 Å². The van der Waals surface area contributed by atoms with Crippen molar-refractivity contribution in [2.45, 2.75) is 53.9 Å². The van der Waals surface area contributed by atoms with E-state index in [1.807, 2.05) is 0 Å². The van der Waals surface area contributed by atoms with Crippen LogP contribution in [0.2, 0.25) is 0 Å². The molecule has 0 amide bonds. The van der Waals surface area contributed by atoms with Crippen LogP contribution in [0.15, 0.2) is 53.0 Å². The molecule has 0 saturated carbocycles. The maximum Gasteiger partial charge on any atom is 0.0799 e. The van der Waals surface area contributed by atoms with Crippen LogP contribution in [0.5, 0.6) is 0 Å². The van der Waals surface area contributed by atoms with Crippen LogP contribution < -0.4 is 5.32 Å². The smallest absolute Gasteiger partial charge is 0.0799 e. The summed E-state index contributed by atoms with van der Waals surface area (Å²) in [4.78, 5) is 0. The summed E-state index contributed by atoms with van der Waals surface area (Å²) in [7, 11) is 0. The fourth-order valence-electron chi connectivity index (χ4n) is 1.89. The normalized spacial score (nSPS) is 11.3. The summed E-state index contributed by atoms with van der Waals surface area (Å²) in [5.74, 6) is 0. The van der Waals surface area contributed by atoms with Gasteiger partial charge in [0.15, 0.2) is 0 Å². The SMILES string of the molecule is C=C=C(NCC)C(CC/C=C(C)\C=C/CC)=C(C)C. The molecule has 0 aromatic carbocycles. The summed E-state index contributed by atoms with van der Waals surface area (Å²) in [5.41, 5.74) is 8.08. The van der Waals surface area contributed by atoms with Gasteiger partial charge in [0.05, 0.1) is 5.70 Å². The van der Waals surface area contributed by atoms with Crippen LogP contribution in [0.1, 0.15) is 53.9 Å². The first-order valence-corrected chi connectivity index (χ1v) is 7.20. The van der Waals surface area contributed by atoms with Crippen LogP contribution in [-0.4, -0.2) is 6.54 Å². The Morgan fingerprint density at radius 2 is 1.89 bits per heavy atom. The molecule has 0 unspecified atom stereocenters. The van der Waals surface area contributed by atoms with E-state index in [1.165, 1.54) is 16.7 Å². The molecule has 0 radical (unpaired) electrons. The van der Waals surface area contributed by atoms with Gasteiger partial charge in [-0.2, -0.15) is 0 Å². The Morgan fingerprint density at radius 3 is 2.37 bits per heavy atom. The van der Waals surface area contributed by atoms with Gasteiger partial charge in [-0.3, -0.25) is 0 Å². The van der Waals surface area contributed by atoms with Gasteiger partial charge in [-0.05, 0) is 52.5 Å². The molecule has 0 rings (SSSR count). The first-order valence-electron chi connectivity index (χ1n) is 7.20. The van der Waals surface area contributed by atoms with Gasteiger partial charge in [-0.1, -0.05) is 42.9 Å². The lowest BCUT2D eigenvalue weighted by molar-refractivity contribution is 0.826. The molecule has 0 aromatic heterocycles. The highest BCUT2D eigenvalue weighted by Crippen LogP contribution is 2.18. The number of likely N-dealkylation sites (N-methyl/N-ethyl adjacent to an activating group) is 1. The van der Waals surface area contributed by atoms with Crippen molar-refractivity contribution in [3.63, 3.8) is 0 Å². The summed E-state index contributed by atoms with van der Waals surface area (Å²) in [5, 5.41) is 3.34. The maximum atomic E-state index is 3.78. The number of hydrogen-bond donors (Lipinski definition) is 1. The number of nitrogens with one attached hydrogen (secondary N) is 1. The molecule has 0 aromatic rings. The van der Waals surface area contributed by atoms with Crippen molar-refractivity contribution in [2.24, 2.45) is 0 Å². The van der Waals surface area contributed by atoms with Crippen molar-refractivity contribution in [2.75, 3.05) is 6.54 Å². The lowest BCUT2D eigenvalue weighted by Gasteiger charge is -2.13. The molecule has 0 heterocycles. The third-order valence-electron chi connectivity index (χ3n) is 2.91. The molecule has 19 heavy (non-hydrogen) atoms. The highest BCUT2D eigenvalue weighted by Gasteiger charge is 2.04. The Hall–Kier alpha value is -1.46. The zero-order valence-electron chi connectivity index (χ0n) is 13.3. The average Bonchev–Trinajstić information content (AvgIpc) is 2.38. The van der Waals surface area contributed by atoms with E-state index in [4.69, 9.17) is 0 Å². The topological polar surface area (TPSA) is 12.0 Å². The summed E-state index contributed by atoms with van der Waals surface area (Å²) < 4.78 is 0. The second kappa shape index (κ2) is 10.5. The highest BCUT2D eigenvalue weighted by molar-refractivity contribution is 5.32. The second-order valence-electron chi connectivity index (χ2n) is 4.86. The van der Waals surface area contributed by atoms with Gasteiger partial charge >= 0.3 is 0 Å². The van der Waals surface area contributed by atoms with E-state index < -0.39 is 0 Å². The van der Waals surface area contributed by atoms with Crippen LogP contribution in [0.3, 0.4) is 0 Å². The zero-order chi connectivity index (χ0) is 14.7.